The summed E-state index contributed by atoms with van der Waals surface area (Å²) in [6.07, 6.45) is 1.83. The number of rotatable bonds is 5. The van der Waals surface area contributed by atoms with E-state index in [0.717, 1.165) is 25.9 Å². The fourth-order valence-electron chi connectivity index (χ4n) is 2.26. The van der Waals surface area contributed by atoms with Crippen molar-refractivity contribution < 1.29 is 14.7 Å². The molecule has 0 bridgehead atoms. The molecule has 1 amide bonds. The first-order chi connectivity index (χ1) is 7.97. The number of nitrogens with zero attached hydrogens (tertiary/aromatic N) is 1. The first-order valence-electron chi connectivity index (χ1n) is 6.24. The van der Waals surface area contributed by atoms with Gasteiger partial charge >= 0.3 is 5.97 Å². The van der Waals surface area contributed by atoms with Crippen LogP contribution in [0.2, 0.25) is 0 Å². The zero-order valence-corrected chi connectivity index (χ0v) is 10.8. The summed E-state index contributed by atoms with van der Waals surface area (Å²) in [5.74, 6) is -1.22. The van der Waals surface area contributed by atoms with Crippen molar-refractivity contribution in [3.8, 4) is 0 Å². The second kappa shape index (κ2) is 6.00. The molecule has 1 aliphatic heterocycles. The van der Waals surface area contributed by atoms with Crippen molar-refractivity contribution in [3.63, 3.8) is 0 Å². The second-order valence-electron chi connectivity index (χ2n) is 4.86. The predicted molar refractivity (Wildman–Crippen MR) is 64.7 cm³/mol. The van der Waals surface area contributed by atoms with Crippen LogP contribution in [0.4, 0.5) is 0 Å². The number of carbonyl (C=O) groups is 2. The Balaban J connectivity index is 2.61. The van der Waals surface area contributed by atoms with Crippen molar-refractivity contribution in [3.05, 3.63) is 0 Å². The van der Waals surface area contributed by atoms with E-state index in [1.165, 1.54) is 0 Å². The van der Waals surface area contributed by atoms with E-state index < -0.39 is 12.0 Å². The molecule has 0 spiro atoms. The van der Waals surface area contributed by atoms with Gasteiger partial charge in [-0.1, -0.05) is 20.8 Å². The molecule has 1 rings (SSSR count). The minimum Gasteiger partial charge on any atom is -0.480 e. The standard InChI is InChI=1S/C12H22N2O3/c1-4-14-7-5-6-9(14)11(15)13-10(8(2)3)12(16)17/h8-10H,4-7H2,1-3H3,(H,13,15)(H,16,17)/t9-,10-/m0/s1. The Bertz CT molecular complexity index is 291. The maximum atomic E-state index is 12.0. The quantitative estimate of drug-likeness (QED) is 0.744. The third kappa shape index (κ3) is 3.43. The lowest BCUT2D eigenvalue weighted by atomic mass is 10.0. The predicted octanol–water partition coefficient (Wildman–Crippen LogP) is 0.696. The summed E-state index contributed by atoms with van der Waals surface area (Å²) in [4.78, 5) is 25.1. The summed E-state index contributed by atoms with van der Waals surface area (Å²) in [6.45, 7) is 7.37. The zero-order chi connectivity index (χ0) is 13.0. The number of hydrogen-bond acceptors (Lipinski definition) is 3. The summed E-state index contributed by atoms with van der Waals surface area (Å²) in [7, 11) is 0. The topological polar surface area (TPSA) is 69.6 Å². The maximum absolute atomic E-state index is 12.0. The number of amides is 1. The van der Waals surface area contributed by atoms with Crippen LogP contribution in [0.1, 0.15) is 33.6 Å². The van der Waals surface area contributed by atoms with Crippen LogP contribution in [0.25, 0.3) is 0 Å². The second-order valence-corrected chi connectivity index (χ2v) is 4.86. The van der Waals surface area contributed by atoms with Gasteiger partial charge < -0.3 is 10.4 Å². The number of likely N-dealkylation sites (N-methyl/N-ethyl adjacent to an activating group) is 1. The monoisotopic (exact) mass is 242 g/mol. The van der Waals surface area contributed by atoms with Crippen molar-refractivity contribution in [2.75, 3.05) is 13.1 Å². The van der Waals surface area contributed by atoms with E-state index in [-0.39, 0.29) is 17.9 Å². The van der Waals surface area contributed by atoms with Gasteiger partial charge in [0.05, 0.1) is 6.04 Å². The summed E-state index contributed by atoms with van der Waals surface area (Å²) in [6, 6.07) is -0.942. The zero-order valence-electron chi connectivity index (χ0n) is 10.8. The molecule has 0 aromatic rings. The van der Waals surface area contributed by atoms with Gasteiger partial charge in [-0.05, 0) is 31.8 Å². The molecule has 0 saturated carbocycles. The van der Waals surface area contributed by atoms with Gasteiger partial charge in [0.2, 0.25) is 5.91 Å². The molecule has 1 fully saturated rings. The highest BCUT2D eigenvalue weighted by Crippen LogP contribution is 2.17. The van der Waals surface area contributed by atoms with E-state index in [1.54, 1.807) is 13.8 Å². The smallest absolute Gasteiger partial charge is 0.326 e. The van der Waals surface area contributed by atoms with E-state index >= 15 is 0 Å². The Labute approximate surface area is 102 Å². The van der Waals surface area contributed by atoms with E-state index in [4.69, 9.17) is 5.11 Å². The number of likely N-dealkylation sites (tertiary alicyclic amines) is 1. The molecular formula is C12H22N2O3. The summed E-state index contributed by atoms with van der Waals surface area (Å²) < 4.78 is 0. The molecular weight excluding hydrogens is 220 g/mol. The number of nitrogens with one attached hydrogen (secondary N) is 1. The SMILES string of the molecule is CCN1CCC[C@H]1C(=O)N[C@H](C(=O)O)C(C)C. The molecule has 2 atom stereocenters. The summed E-state index contributed by atoms with van der Waals surface area (Å²) >= 11 is 0. The molecule has 0 aromatic heterocycles. The molecule has 5 heteroatoms. The number of carboxylic acids is 1. The van der Waals surface area contributed by atoms with Crippen LogP contribution in [0.3, 0.4) is 0 Å². The molecule has 1 heterocycles. The van der Waals surface area contributed by atoms with Crippen molar-refractivity contribution >= 4 is 11.9 Å². The number of hydrogen-bond donors (Lipinski definition) is 2. The molecule has 0 radical (unpaired) electrons. The molecule has 2 N–H and O–H groups in total. The highest BCUT2D eigenvalue weighted by atomic mass is 16.4. The van der Waals surface area contributed by atoms with Crippen LogP contribution < -0.4 is 5.32 Å². The Kier molecular flexibility index (Phi) is 4.93. The Morgan fingerprint density at radius 2 is 2.12 bits per heavy atom. The fraction of sp³-hybridized carbons (Fsp3) is 0.833. The average Bonchev–Trinajstić information content (AvgIpc) is 2.72. The largest absolute Gasteiger partial charge is 0.480 e. The van der Waals surface area contributed by atoms with Crippen LogP contribution in [-0.2, 0) is 9.59 Å². The highest BCUT2D eigenvalue weighted by Gasteiger charge is 2.32. The van der Waals surface area contributed by atoms with Gasteiger partial charge in [0.1, 0.15) is 6.04 Å². The lowest BCUT2D eigenvalue weighted by Crippen LogP contribution is -2.51. The van der Waals surface area contributed by atoms with E-state index in [2.05, 4.69) is 10.2 Å². The van der Waals surface area contributed by atoms with Gasteiger partial charge in [0.15, 0.2) is 0 Å². The number of carbonyl (C=O) groups excluding carboxylic acids is 1. The lowest BCUT2D eigenvalue weighted by molar-refractivity contribution is -0.143. The van der Waals surface area contributed by atoms with Gasteiger partial charge in [0.25, 0.3) is 0 Å². The van der Waals surface area contributed by atoms with Gasteiger partial charge in [-0.25, -0.2) is 4.79 Å². The fourth-order valence-corrected chi connectivity index (χ4v) is 2.26. The molecule has 0 unspecified atom stereocenters. The Morgan fingerprint density at radius 1 is 1.47 bits per heavy atom. The van der Waals surface area contributed by atoms with Crippen molar-refractivity contribution in [1.82, 2.24) is 10.2 Å². The van der Waals surface area contributed by atoms with E-state index in [9.17, 15) is 9.59 Å². The van der Waals surface area contributed by atoms with Crippen LogP contribution in [-0.4, -0.2) is 47.1 Å². The molecule has 98 valence electrons. The van der Waals surface area contributed by atoms with Crippen LogP contribution in [0.15, 0.2) is 0 Å². The van der Waals surface area contributed by atoms with Gasteiger partial charge in [-0.15, -0.1) is 0 Å². The third-order valence-electron chi connectivity index (χ3n) is 3.30. The van der Waals surface area contributed by atoms with E-state index in [1.807, 2.05) is 6.92 Å². The summed E-state index contributed by atoms with van der Waals surface area (Å²) in [5, 5.41) is 11.7. The molecule has 17 heavy (non-hydrogen) atoms. The summed E-state index contributed by atoms with van der Waals surface area (Å²) in [5.41, 5.74) is 0. The Hall–Kier alpha value is -1.10. The molecule has 1 saturated heterocycles. The third-order valence-corrected chi connectivity index (χ3v) is 3.30. The first-order valence-corrected chi connectivity index (χ1v) is 6.24. The van der Waals surface area contributed by atoms with Crippen molar-refractivity contribution in [2.24, 2.45) is 5.92 Å². The first kappa shape index (κ1) is 14.0. The highest BCUT2D eigenvalue weighted by molar-refractivity contribution is 5.87. The van der Waals surface area contributed by atoms with Gasteiger partial charge in [-0.3, -0.25) is 9.69 Å². The van der Waals surface area contributed by atoms with Crippen molar-refractivity contribution in [1.29, 1.82) is 0 Å². The lowest BCUT2D eigenvalue weighted by Gasteiger charge is -2.25. The van der Waals surface area contributed by atoms with Crippen LogP contribution in [0, 0.1) is 5.92 Å². The minimum absolute atomic E-state index is 0.104. The van der Waals surface area contributed by atoms with E-state index in [0.29, 0.717) is 0 Å². The average molecular weight is 242 g/mol. The van der Waals surface area contributed by atoms with Crippen LogP contribution in [0.5, 0.6) is 0 Å². The maximum Gasteiger partial charge on any atom is 0.326 e. The number of aliphatic carboxylic acids is 1. The van der Waals surface area contributed by atoms with Gasteiger partial charge in [0, 0.05) is 0 Å². The molecule has 0 aliphatic carbocycles. The molecule has 0 aromatic carbocycles. The van der Waals surface area contributed by atoms with Crippen molar-refractivity contribution in [2.45, 2.75) is 45.7 Å². The molecule has 5 nitrogen and oxygen atoms in total. The number of carboxylic acid groups (broad SMARTS) is 1. The minimum atomic E-state index is -0.964. The normalized spacial score (nSPS) is 22.7. The molecule has 1 aliphatic rings. The van der Waals surface area contributed by atoms with Gasteiger partial charge in [-0.2, -0.15) is 0 Å². The Morgan fingerprint density at radius 3 is 2.59 bits per heavy atom. The van der Waals surface area contributed by atoms with Crippen LogP contribution >= 0.6 is 0 Å².